The minimum absolute atomic E-state index is 0.262. The Labute approximate surface area is 62.5 Å². The first-order valence-corrected chi connectivity index (χ1v) is 3.72. The van der Waals surface area contributed by atoms with Gasteiger partial charge in [-0.3, -0.25) is 0 Å². The van der Waals surface area contributed by atoms with Crippen molar-refractivity contribution in [3.63, 3.8) is 0 Å². The molecule has 1 N–H and O–H groups in total. The molecule has 0 aliphatic rings. The zero-order chi connectivity index (χ0) is 8.20. The third-order valence-corrected chi connectivity index (χ3v) is 2.22. The van der Waals surface area contributed by atoms with Gasteiger partial charge in [-0.15, -0.1) is 0 Å². The molecule has 0 aromatic carbocycles. The first-order valence-electron chi connectivity index (χ1n) is 3.72. The average molecular weight is 141 g/mol. The lowest BCUT2D eigenvalue weighted by Crippen LogP contribution is -2.33. The summed E-state index contributed by atoms with van der Waals surface area (Å²) in [6, 6.07) is 2.06. The fraction of sp³-hybridized carbons (Fsp3) is 0.875. The monoisotopic (exact) mass is 141 g/mol. The zero-order valence-corrected chi connectivity index (χ0v) is 6.89. The SMILES string of the molecule is CCC(O)(CC)C(C)C#N. The van der Waals surface area contributed by atoms with Crippen molar-refractivity contribution in [3.8, 4) is 6.07 Å². The van der Waals surface area contributed by atoms with Crippen LogP contribution in [0.3, 0.4) is 0 Å². The van der Waals surface area contributed by atoms with Gasteiger partial charge in [-0.1, -0.05) is 13.8 Å². The van der Waals surface area contributed by atoms with Gasteiger partial charge in [0, 0.05) is 0 Å². The maximum atomic E-state index is 9.67. The van der Waals surface area contributed by atoms with Gasteiger partial charge in [0.15, 0.2) is 0 Å². The van der Waals surface area contributed by atoms with Crippen LogP contribution in [-0.2, 0) is 0 Å². The second-order valence-corrected chi connectivity index (χ2v) is 2.66. The molecule has 2 heteroatoms. The van der Waals surface area contributed by atoms with E-state index in [1.165, 1.54) is 0 Å². The maximum Gasteiger partial charge on any atom is 0.0797 e. The van der Waals surface area contributed by atoms with Crippen LogP contribution < -0.4 is 0 Å². The topological polar surface area (TPSA) is 44.0 Å². The summed E-state index contributed by atoms with van der Waals surface area (Å²) in [5, 5.41) is 18.2. The summed E-state index contributed by atoms with van der Waals surface area (Å²) in [5.74, 6) is -0.262. The van der Waals surface area contributed by atoms with Crippen LogP contribution in [-0.4, -0.2) is 10.7 Å². The quantitative estimate of drug-likeness (QED) is 0.650. The second kappa shape index (κ2) is 3.58. The van der Waals surface area contributed by atoms with Gasteiger partial charge in [0.1, 0.15) is 0 Å². The molecule has 1 atom stereocenters. The van der Waals surface area contributed by atoms with E-state index in [-0.39, 0.29) is 5.92 Å². The second-order valence-electron chi connectivity index (χ2n) is 2.66. The van der Waals surface area contributed by atoms with Crippen molar-refractivity contribution in [2.24, 2.45) is 5.92 Å². The Balaban J connectivity index is 4.20. The third-order valence-electron chi connectivity index (χ3n) is 2.22. The smallest absolute Gasteiger partial charge is 0.0797 e. The van der Waals surface area contributed by atoms with Gasteiger partial charge < -0.3 is 5.11 Å². The molecular weight excluding hydrogens is 126 g/mol. The van der Waals surface area contributed by atoms with E-state index < -0.39 is 5.60 Å². The standard InChI is InChI=1S/C8H15NO/c1-4-8(10,5-2)7(3)6-9/h7,10H,4-5H2,1-3H3. The molecule has 0 rings (SSSR count). The van der Waals surface area contributed by atoms with Crippen LogP contribution in [0.4, 0.5) is 0 Å². The normalized spacial score (nSPS) is 14.3. The summed E-state index contributed by atoms with van der Waals surface area (Å²) >= 11 is 0. The minimum atomic E-state index is -0.769. The molecule has 0 aliphatic carbocycles. The highest BCUT2D eigenvalue weighted by Crippen LogP contribution is 2.23. The van der Waals surface area contributed by atoms with Crippen molar-refractivity contribution in [2.75, 3.05) is 0 Å². The molecule has 0 spiro atoms. The molecule has 0 saturated heterocycles. The van der Waals surface area contributed by atoms with E-state index in [4.69, 9.17) is 5.26 Å². The lowest BCUT2D eigenvalue weighted by molar-refractivity contribution is 0.000870. The molecule has 0 bridgehead atoms. The van der Waals surface area contributed by atoms with E-state index in [1.807, 2.05) is 13.8 Å². The van der Waals surface area contributed by atoms with E-state index in [0.717, 1.165) is 0 Å². The summed E-state index contributed by atoms with van der Waals surface area (Å²) in [6.45, 7) is 5.56. The Morgan fingerprint density at radius 3 is 2.00 bits per heavy atom. The predicted octanol–water partition coefficient (Wildman–Crippen LogP) is 1.70. The van der Waals surface area contributed by atoms with Gasteiger partial charge >= 0.3 is 0 Å². The highest BCUT2D eigenvalue weighted by atomic mass is 16.3. The summed E-state index contributed by atoms with van der Waals surface area (Å²) in [4.78, 5) is 0. The molecule has 10 heavy (non-hydrogen) atoms. The Hall–Kier alpha value is -0.550. The van der Waals surface area contributed by atoms with Crippen molar-refractivity contribution in [3.05, 3.63) is 0 Å². The van der Waals surface area contributed by atoms with Crippen LogP contribution in [0, 0.1) is 17.2 Å². The number of rotatable bonds is 3. The van der Waals surface area contributed by atoms with Crippen molar-refractivity contribution < 1.29 is 5.11 Å². The predicted molar refractivity (Wildman–Crippen MR) is 40.3 cm³/mol. The number of aliphatic hydroxyl groups is 1. The van der Waals surface area contributed by atoms with Crippen LogP contribution in [0.15, 0.2) is 0 Å². The largest absolute Gasteiger partial charge is 0.389 e. The third kappa shape index (κ3) is 1.71. The van der Waals surface area contributed by atoms with Gasteiger partial charge in [0.05, 0.1) is 17.6 Å². The Morgan fingerprint density at radius 1 is 1.50 bits per heavy atom. The van der Waals surface area contributed by atoms with E-state index in [1.54, 1.807) is 6.92 Å². The molecule has 0 aromatic rings. The van der Waals surface area contributed by atoms with E-state index in [0.29, 0.717) is 12.8 Å². The van der Waals surface area contributed by atoms with Crippen LogP contribution in [0.1, 0.15) is 33.6 Å². The zero-order valence-electron chi connectivity index (χ0n) is 6.89. The van der Waals surface area contributed by atoms with Crippen molar-refractivity contribution in [1.82, 2.24) is 0 Å². The summed E-state index contributed by atoms with van der Waals surface area (Å²) in [5.41, 5.74) is -0.769. The number of hydrogen-bond acceptors (Lipinski definition) is 2. The Kier molecular flexibility index (Phi) is 3.38. The molecule has 0 amide bonds. The van der Waals surface area contributed by atoms with E-state index in [9.17, 15) is 5.11 Å². The van der Waals surface area contributed by atoms with Crippen LogP contribution >= 0.6 is 0 Å². The highest BCUT2D eigenvalue weighted by Gasteiger charge is 2.29. The molecule has 0 radical (unpaired) electrons. The van der Waals surface area contributed by atoms with Crippen molar-refractivity contribution in [2.45, 2.75) is 39.2 Å². The van der Waals surface area contributed by atoms with Crippen LogP contribution in [0.2, 0.25) is 0 Å². The highest BCUT2D eigenvalue weighted by molar-refractivity contribution is 4.94. The first kappa shape index (κ1) is 9.45. The summed E-state index contributed by atoms with van der Waals surface area (Å²) in [6.07, 6.45) is 1.30. The lowest BCUT2D eigenvalue weighted by atomic mass is 9.85. The summed E-state index contributed by atoms with van der Waals surface area (Å²) < 4.78 is 0. The number of hydrogen-bond donors (Lipinski definition) is 1. The van der Waals surface area contributed by atoms with Gasteiger partial charge in [0.2, 0.25) is 0 Å². The average Bonchev–Trinajstić information content (AvgIpc) is 2.01. The van der Waals surface area contributed by atoms with E-state index >= 15 is 0 Å². The van der Waals surface area contributed by atoms with Gasteiger partial charge in [-0.05, 0) is 19.8 Å². The lowest BCUT2D eigenvalue weighted by Gasteiger charge is -2.27. The van der Waals surface area contributed by atoms with Crippen LogP contribution in [0.25, 0.3) is 0 Å². The Morgan fingerprint density at radius 2 is 1.90 bits per heavy atom. The van der Waals surface area contributed by atoms with Crippen LogP contribution in [0.5, 0.6) is 0 Å². The van der Waals surface area contributed by atoms with Gasteiger partial charge in [-0.2, -0.15) is 5.26 Å². The molecule has 0 aliphatic heterocycles. The molecule has 0 aromatic heterocycles. The minimum Gasteiger partial charge on any atom is -0.389 e. The molecule has 0 heterocycles. The fourth-order valence-corrected chi connectivity index (χ4v) is 0.983. The summed E-state index contributed by atoms with van der Waals surface area (Å²) in [7, 11) is 0. The number of nitriles is 1. The molecular formula is C8H15NO. The first-order chi connectivity index (χ1) is 4.60. The van der Waals surface area contributed by atoms with Gasteiger partial charge in [-0.25, -0.2) is 0 Å². The van der Waals surface area contributed by atoms with E-state index in [2.05, 4.69) is 6.07 Å². The molecule has 1 unspecified atom stereocenters. The molecule has 58 valence electrons. The van der Waals surface area contributed by atoms with Crippen molar-refractivity contribution in [1.29, 1.82) is 5.26 Å². The Bertz CT molecular complexity index is 133. The molecule has 2 nitrogen and oxygen atoms in total. The maximum absolute atomic E-state index is 9.67. The fourth-order valence-electron chi connectivity index (χ4n) is 0.983. The number of nitrogens with zero attached hydrogens (tertiary/aromatic N) is 1. The molecule has 0 saturated carbocycles. The molecule has 0 fully saturated rings. The van der Waals surface area contributed by atoms with Crippen molar-refractivity contribution >= 4 is 0 Å². The van der Waals surface area contributed by atoms with Gasteiger partial charge in [0.25, 0.3) is 0 Å².